The molecule has 4 N–H and O–H groups in total. The monoisotopic (exact) mass is 791 g/mol. The molecule has 0 aliphatic heterocycles. The number of nitrogens with one attached hydrogen (secondary N) is 3. The first-order valence-electron chi connectivity index (χ1n) is 19.0. The quantitative estimate of drug-likeness (QED) is 0.0899. The number of para-hydroxylation sites is 2. The molecule has 0 saturated carbocycles. The number of carboxylic acid groups (broad SMARTS) is 1. The van der Waals surface area contributed by atoms with E-state index in [2.05, 4.69) is 25.9 Å². The van der Waals surface area contributed by atoms with Crippen molar-refractivity contribution in [1.82, 2.24) is 20.6 Å². The molecular formula is C46H43N6O7-. The molecule has 0 spiro atoms. The van der Waals surface area contributed by atoms with Gasteiger partial charge in [0.2, 0.25) is 0 Å². The van der Waals surface area contributed by atoms with E-state index in [0.717, 1.165) is 21.6 Å². The van der Waals surface area contributed by atoms with Crippen molar-refractivity contribution in [1.29, 1.82) is 0 Å². The largest absolute Gasteiger partial charge is 0.530 e. The van der Waals surface area contributed by atoms with Gasteiger partial charge in [-0.1, -0.05) is 84.9 Å². The van der Waals surface area contributed by atoms with Crippen LogP contribution in [0.2, 0.25) is 0 Å². The number of benzene rings is 4. The Kier molecular flexibility index (Phi) is 14.5. The predicted octanol–water partition coefficient (Wildman–Crippen LogP) is 5.71. The maximum absolute atomic E-state index is 14.2. The fourth-order valence-corrected chi connectivity index (χ4v) is 6.59. The number of hydrogen-bond donors (Lipinski definition) is 4. The molecule has 0 aliphatic rings. The van der Waals surface area contributed by atoms with Crippen LogP contribution in [0, 0.1) is 0 Å². The van der Waals surface area contributed by atoms with Crippen molar-refractivity contribution >= 4 is 35.4 Å². The van der Waals surface area contributed by atoms with Gasteiger partial charge in [-0.15, -0.1) is 0 Å². The molecule has 3 atom stereocenters. The molecule has 0 radical (unpaired) electrons. The van der Waals surface area contributed by atoms with Gasteiger partial charge in [0.15, 0.2) is 0 Å². The molecule has 300 valence electrons. The van der Waals surface area contributed by atoms with Gasteiger partial charge in [0.25, 0.3) is 11.8 Å². The van der Waals surface area contributed by atoms with Crippen LogP contribution in [0.3, 0.4) is 0 Å². The zero-order valence-electron chi connectivity index (χ0n) is 32.0. The maximum atomic E-state index is 14.2. The zero-order valence-corrected chi connectivity index (χ0v) is 32.0. The summed E-state index contributed by atoms with van der Waals surface area (Å²) in [6.07, 6.45) is 3.38. The summed E-state index contributed by atoms with van der Waals surface area (Å²) in [4.78, 5) is 62.3. The first-order chi connectivity index (χ1) is 28.7. The third-order valence-corrected chi connectivity index (χ3v) is 9.54. The van der Waals surface area contributed by atoms with Crippen LogP contribution in [0.1, 0.15) is 49.4 Å². The third kappa shape index (κ3) is 12.1. The Morgan fingerprint density at radius 3 is 1.81 bits per heavy atom. The van der Waals surface area contributed by atoms with E-state index in [1.807, 2.05) is 60.7 Å². The number of aromatic nitrogens is 2. The molecule has 0 bridgehead atoms. The van der Waals surface area contributed by atoms with Crippen LogP contribution in [0.4, 0.5) is 21.0 Å². The first kappa shape index (κ1) is 41.3. The molecule has 4 amide bonds. The minimum atomic E-state index is -1.50. The van der Waals surface area contributed by atoms with E-state index >= 15 is 0 Å². The lowest BCUT2D eigenvalue weighted by Gasteiger charge is -2.30. The van der Waals surface area contributed by atoms with Gasteiger partial charge in [-0.2, -0.15) is 0 Å². The Hall–Kier alpha value is -7.38. The molecule has 59 heavy (non-hydrogen) atoms. The maximum Gasteiger partial charge on any atom is 0.411 e. The van der Waals surface area contributed by atoms with E-state index in [9.17, 15) is 29.4 Å². The van der Waals surface area contributed by atoms with Crippen molar-refractivity contribution < 1.29 is 34.1 Å². The summed E-state index contributed by atoms with van der Waals surface area (Å²) in [5.74, 6) is -1.11. The molecule has 2 aromatic heterocycles. The summed E-state index contributed by atoms with van der Waals surface area (Å²) >= 11 is 0. The van der Waals surface area contributed by atoms with E-state index in [4.69, 9.17) is 4.74 Å². The Morgan fingerprint density at radius 2 is 1.17 bits per heavy atom. The van der Waals surface area contributed by atoms with E-state index in [1.165, 1.54) is 12.1 Å². The molecule has 2 heterocycles. The number of aliphatic hydroxyl groups is 1. The topological polar surface area (TPSA) is 186 Å². The first-order valence-corrected chi connectivity index (χ1v) is 19.0. The summed E-state index contributed by atoms with van der Waals surface area (Å²) in [7, 11) is 0. The molecule has 6 rings (SSSR count). The van der Waals surface area contributed by atoms with Crippen LogP contribution in [0.25, 0.3) is 0 Å². The molecule has 4 aromatic carbocycles. The van der Waals surface area contributed by atoms with E-state index in [0.29, 0.717) is 12.0 Å². The normalized spacial score (nSPS) is 12.3. The van der Waals surface area contributed by atoms with Crippen LogP contribution in [-0.4, -0.2) is 57.3 Å². The summed E-state index contributed by atoms with van der Waals surface area (Å²) < 4.78 is 5.36. The van der Waals surface area contributed by atoms with Gasteiger partial charge >= 0.3 is 6.09 Å². The summed E-state index contributed by atoms with van der Waals surface area (Å²) in [6, 6.07) is 36.8. The van der Waals surface area contributed by atoms with Gasteiger partial charge in [0, 0.05) is 37.4 Å². The second-order valence-corrected chi connectivity index (χ2v) is 13.8. The van der Waals surface area contributed by atoms with Gasteiger partial charge in [-0.05, 0) is 90.0 Å². The van der Waals surface area contributed by atoms with Crippen molar-refractivity contribution in [3.05, 3.63) is 192 Å². The second kappa shape index (κ2) is 20.7. The number of amides is 4. The van der Waals surface area contributed by atoms with Crippen LogP contribution < -0.4 is 26.0 Å². The van der Waals surface area contributed by atoms with Crippen LogP contribution >= 0.6 is 0 Å². The molecule has 0 saturated heterocycles. The van der Waals surface area contributed by atoms with E-state index in [1.54, 1.807) is 85.5 Å². The van der Waals surface area contributed by atoms with Gasteiger partial charge < -0.3 is 35.3 Å². The fourth-order valence-electron chi connectivity index (χ4n) is 6.59. The molecule has 0 aliphatic carbocycles. The highest BCUT2D eigenvalue weighted by Gasteiger charge is 2.29. The Labute approximate surface area is 341 Å². The van der Waals surface area contributed by atoms with Crippen molar-refractivity contribution in [3.8, 4) is 0 Å². The predicted molar refractivity (Wildman–Crippen MR) is 220 cm³/mol. The van der Waals surface area contributed by atoms with Gasteiger partial charge in [0.05, 0.1) is 34.6 Å². The lowest BCUT2D eigenvalue weighted by Crippen LogP contribution is -2.49. The summed E-state index contributed by atoms with van der Waals surface area (Å²) in [5, 5.41) is 33.1. The summed E-state index contributed by atoms with van der Waals surface area (Å²) in [6.45, 7) is -0.0792. The average molecular weight is 792 g/mol. The van der Waals surface area contributed by atoms with Crippen LogP contribution in [-0.2, 0) is 30.7 Å². The Balaban J connectivity index is 1.23. The number of carbonyl (C=O) groups is 4. The molecule has 13 heteroatoms. The SMILES string of the molecule is O=C(Nc1ccccc1C(=O)N[C@@H](Cc1ccccc1)C[C@H](O)[C@H](Cc1ccccc1)NC(=O)c1ccccc1N(Cc1ccncc1)C(=O)[O-])OCc1ccncc1. The fraction of sp³-hybridized carbons (Fsp3) is 0.174. The molecule has 13 nitrogen and oxygen atoms in total. The number of carbonyl (C=O) groups excluding carboxylic acids is 4. The number of nitrogens with zero attached hydrogens (tertiary/aromatic N) is 3. The third-order valence-electron chi connectivity index (χ3n) is 9.54. The molecule has 0 unspecified atom stereocenters. The van der Waals surface area contributed by atoms with Gasteiger partial charge in [-0.3, -0.25) is 24.9 Å². The van der Waals surface area contributed by atoms with Crippen LogP contribution in [0.5, 0.6) is 0 Å². The van der Waals surface area contributed by atoms with Crippen molar-refractivity contribution in [2.45, 2.75) is 50.6 Å². The lowest BCUT2D eigenvalue weighted by atomic mass is 9.93. The summed E-state index contributed by atoms with van der Waals surface area (Å²) in [5.41, 5.74) is 3.69. The number of ether oxygens (including phenoxy) is 1. The smallest absolute Gasteiger partial charge is 0.411 e. The van der Waals surface area contributed by atoms with Crippen LogP contribution in [0.15, 0.2) is 158 Å². The number of anilines is 2. The average Bonchev–Trinajstić information content (AvgIpc) is 3.26. The molecule has 6 aromatic rings. The number of rotatable bonds is 17. The second-order valence-electron chi connectivity index (χ2n) is 13.8. The van der Waals surface area contributed by atoms with Crippen molar-refractivity contribution in [3.63, 3.8) is 0 Å². The van der Waals surface area contributed by atoms with Crippen molar-refractivity contribution in [2.75, 3.05) is 10.2 Å². The minimum absolute atomic E-state index is 0.00660. The van der Waals surface area contributed by atoms with Crippen molar-refractivity contribution in [2.24, 2.45) is 0 Å². The standard InChI is InChI=1S/C46H44N6O7/c53-42(40(28-33-13-5-2-6-14-33)50-44(55)38-16-8-10-18-41(38)52(46(57)58)30-34-19-23-47-24-20-34)29-36(27-32-11-3-1-4-12-32)49-43(54)37-15-7-9-17-39(37)51-45(56)59-31-35-21-25-48-26-22-35/h1-26,36,40,42,53H,27-31H2,(H,49,54)(H,50,55)(H,51,56)(H,57,58)/p-1/t36-,40-,42-/m0/s1. The highest BCUT2D eigenvalue weighted by atomic mass is 16.5. The highest BCUT2D eigenvalue weighted by molar-refractivity contribution is 6.03. The van der Waals surface area contributed by atoms with Gasteiger partial charge in [0.1, 0.15) is 12.7 Å². The zero-order chi connectivity index (χ0) is 41.4. The number of aliphatic hydroxyl groups excluding tert-OH is 1. The number of hydrogen-bond acceptors (Lipinski definition) is 9. The minimum Gasteiger partial charge on any atom is -0.530 e. The van der Waals surface area contributed by atoms with E-state index < -0.39 is 42.2 Å². The Morgan fingerprint density at radius 1 is 0.627 bits per heavy atom. The Bertz CT molecular complexity index is 2300. The lowest BCUT2D eigenvalue weighted by molar-refractivity contribution is -0.246. The molecular weight excluding hydrogens is 749 g/mol. The highest BCUT2D eigenvalue weighted by Crippen LogP contribution is 2.24. The van der Waals surface area contributed by atoms with Gasteiger partial charge in [-0.25, -0.2) is 4.79 Å². The van der Waals surface area contributed by atoms with E-state index in [-0.39, 0.29) is 48.5 Å². The molecule has 0 fully saturated rings. The number of pyridine rings is 2.